The lowest BCUT2D eigenvalue weighted by Crippen LogP contribution is -2.24. The van der Waals surface area contributed by atoms with Gasteiger partial charge in [-0.3, -0.25) is 4.79 Å². The molecule has 3 aromatic carbocycles. The summed E-state index contributed by atoms with van der Waals surface area (Å²) in [6.07, 6.45) is 2.07. The highest BCUT2D eigenvalue weighted by molar-refractivity contribution is 7.89. The fraction of sp³-hybridized carbons (Fsp3) is 0.240. The Bertz CT molecular complexity index is 1460. The third-order valence-electron chi connectivity index (χ3n) is 5.39. The number of unbranched alkanes of at least 4 members (excludes halogenated alkanes) is 2. The van der Waals surface area contributed by atoms with Crippen LogP contribution in [0.5, 0.6) is 17.2 Å². The Labute approximate surface area is 196 Å². The maximum absolute atomic E-state index is 12.7. The van der Waals surface area contributed by atoms with Crippen molar-refractivity contribution in [2.45, 2.75) is 24.2 Å². The quantitative estimate of drug-likeness (QED) is 0.257. The minimum absolute atomic E-state index is 0.121. The summed E-state index contributed by atoms with van der Waals surface area (Å²) in [5.74, 6) is 0.790. The van der Waals surface area contributed by atoms with Gasteiger partial charge < -0.3 is 19.0 Å². The molecule has 0 amide bonds. The van der Waals surface area contributed by atoms with Crippen molar-refractivity contribution in [1.29, 1.82) is 0 Å². The van der Waals surface area contributed by atoms with Gasteiger partial charge in [-0.25, -0.2) is 13.1 Å². The van der Waals surface area contributed by atoms with Crippen molar-refractivity contribution >= 4 is 32.0 Å². The summed E-state index contributed by atoms with van der Waals surface area (Å²) >= 11 is 0. The number of rotatable bonds is 10. The first-order chi connectivity index (χ1) is 16.4. The van der Waals surface area contributed by atoms with E-state index in [9.17, 15) is 18.3 Å². The van der Waals surface area contributed by atoms with Crippen LogP contribution in [0.25, 0.3) is 21.9 Å². The van der Waals surface area contributed by atoms with E-state index in [4.69, 9.17) is 13.9 Å². The fourth-order valence-electron chi connectivity index (χ4n) is 3.60. The zero-order valence-electron chi connectivity index (χ0n) is 18.6. The van der Waals surface area contributed by atoms with E-state index in [1.165, 1.54) is 25.3 Å². The largest absolute Gasteiger partial charge is 0.507 e. The highest BCUT2D eigenvalue weighted by atomic mass is 32.2. The second kappa shape index (κ2) is 10.1. The van der Waals surface area contributed by atoms with Crippen molar-refractivity contribution in [3.8, 4) is 17.2 Å². The Morgan fingerprint density at radius 3 is 2.47 bits per heavy atom. The molecule has 0 bridgehead atoms. The van der Waals surface area contributed by atoms with E-state index < -0.39 is 10.0 Å². The average molecular weight is 484 g/mol. The molecule has 1 aromatic heterocycles. The van der Waals surface area contributed by atoms with Crippen LogP contribution in [0.2, 0.25) is 0 Å². The monoisotopic (exact) mass is 483 g/mol. The Balaban J connectivity index is 1.28. The maximum Gasteiger partial charge on any atom is 0.240 e. The van der Waals surface area contributed by atoms with Crippen LogP contribution in [-0.4, -0.2) is 33.8 Å². The molecule has 0 aliphatic rings. The van der Waals surface area contributed by atoms with E-state index in [2.05, 4.69) is 4.72 Å². The number of nitrogens with one attached hydrogen (secondary N) is 1. The maximum atomic E-state index is 12.7. The fourth-order valence-corrected chi connectivity index (χ4v) is 4.68. The van der Waals surface area contributed by atoms with Gasteiger partial charge in [0.05, 0.1) is 24.0 Å². The molecule has 0 radical (unpaired) electrons. The highest BCUT2D eigenvalue weighted by Crippen LogP contribution is 2.30. The summed E-state index contributed by atoms with van der Waals surface area (Å²) in [6.45, 7) is 0.678. The first-order valence-corrected chi connectivity index (χ1v) is 12.3. The average Bonchev–Trinajstić information content (AvgIpc) is 2.83. The molecular weight excluding hydrogens is 458 g/mol. The predicted octanol–water partition coefficient (Wildman–Crippen LogP) is 4.19. The molecule has 0 atom stereocenters. The Hall–Kier alpha value is -3.56. The Morgan fingerprint density at radius 1 is 0.941 bits per heavy atom. The number of methoxy groups -OCH3 is 1. The van der Waals surface area contributed by atoms with E-state index in [1.807, 2.05) is 0 Å². The van der Waals surface area contributed by atoms with E-state index >= 15 is 0 Å². The van der Waals surface area contributed by atoms with E-state index in [0.717, 1.165) is 6.42 Å². The van der Waals surface area contributed by atoms with Gasteiger partial charge in [-0.15, -0.1) is 0 Å². The SMILES string of the molecule is COc1ccc(S(=O)(=O)NCCCCCOc2cc(O)c3c(=O)c4ccccc4oc3c2)cc1. The first-order valence-electron chi connectivity index (χ1n) is 10.8. The highest BCUT2D eigenvalue weighted by Gasteiger charge is 2.14. The van der Waals surface area contributed by atoms with Gasteiger partial charge in [0.2, 0.25) is 15.5 Å². The van der Waals surface area contributed by atoms with Gasteiger partial charge in [-0.2, -0.15) is 0 Å². The molecule has 4 rings (SSSR count). The number of benzene rings is 3. The summed E-state index contributed by atoms with van der Waals surface area (Å²) in [5.41, 5.74) is 0.401. The molecule has 1 heterocycles. The van der Waals surface area contributed by atoms with Crippen LogP contribution in [0, 0.1) is 0 Å². The molecule has 178 valence electrons. The van der Waals surface area contributed by atoms with E-state index in [0.29, 0.717) is 48.5 Å². The minimum atomic E-state index is -3.57. The Morgan fingerprint density at radius 2 is 1.71 bits per heavy atom. The van der Waals surface area contributed by atoms with Crippen molar-refractivity contribution in [2.24, 2.45) is 0 Å². The molecule has 0 saturated heterocycles. The number of phenolic OH excluding ortho intramolecular Hbond substituents is 1. The molecule has 0 spiro atoms. The molecule has 9 heteroatoms. The van der Waals surface area contributed by atoms with Gasteiger partial charge in [0, 0.05) is 18.7 Å². The number of para-hydroxylation sites is 1. The number of ether oxygens (including phenoxy) is 2. The third kappa shape index (κ3) is 5.16. The molecule has 8 nitrogen and oxygen atoms in total. The molecule has 0 fully saturated rings. The van der Waals surface area contributed by atoms with Gasteiger partial charge in [0.25, 0.3) is 0 Å². The zero-order chi connectivity index (χ0) is 24.1. The van der Waals surface area contributed by atoms with Crippen molar-refractivity contribution in [1.82, 2.24) is 4.72 Å². The smallest absolute Gasteiger partial charge is 0.240 e. The molecule has 0 saturated carbocycles. The van der Waals surface area contributed by atoms with E-state index in [-0.39, 0.29) is 27.0 Å². The van der Waals surface area contributed by atoms with Crippen molar-refractivity contribution < 1.29 is 27.4 Å². The van der Waals surface area contributed by atoms with Crippen LogP contribution in [0.3, 0.4) is 0 Å². The summed E-state index contributed by atoms with van der Waals surface area (Å²) in [6, 6.07) is 16.1. The van der Waals surface area contributed by atoms with Gasteiger partial charge in [-0.05, 0) is 55.7 Å². The van der Waals surface area contributed by atoms with Crippen LogP contribution in [0.1, 0.15) is 19.3 Å². The molecule has 0 aliphatic heterocycles. The number of hydrogen-bond donors (Lipinski definition) is 2. The molecular formula is C25H25NO7S. The summed E-state index contributed by atoms with van der Waals surface area (Å²) < 4.78 is 43.8. The van der Waals surface area contributed by atoms with Gasteiger partial charge in [0.15, 0.2) is 0 Å². The van der Waals surface area contributed by atoms with Gasteiger partial charge in [0.1, 0.15) is 33.8 Å². The lowest BCUT2D eigenvalue weighted by atomic mass is 10.1. The van der Waals surface area contributed by atoms with Crippen molar-refractivity contribution in [2.75, 3.05) is 20.3 Å². The molecule has 0 aliphatic carbocycles. The number of phenols is 1. The van der Waals surface area contributed by atoms with Crippen molar-refractivity contribution in [3.05, 3.63) is 70.9 Å². The number of sulfonamides is 1. The lowest BCUT2D eigenvalue weighted by Gasteiger charge is -2.10. The summed E-state index contributed by atoms with van der Waals surface area (Å²) in [4.78, 5) is 12.8. The normalized spacial score (nSPS) is 11.7. The summed E-state index contributed by atoms with van der Waals surface area (Å²) in [5, 5.41) is 10.9. The number of aromatic hydroxyl groups is 1. The van der Waals surface area contributed by atoms with Crippen LogP contribution in [-0.2, 0) is 10.0 Å². The van der Waals surface area contributed by atoms with Crippen LogP contribution < -0.4 is 19.6 Å². The zero-order valence-corrected chi connectivity index (χ0v) is 19.4. The molecule has 0 unspecified atom stereocenters. The number of hydrogen-bond acceptors (Lipinski definition) is 7. The molecule has 2 N–H and O–H groups in total. The lowest BCUT2D eigenvalue weighted by molar-refractivity contribution is 0.304. The van der Waals surface area contributed by atoms with Crippen LogP contribution in [0.15, 0.2) is 74.8 Å². The third-order valence-corrected chi connectivity index (χ3v) is 6.86. The first kappa shape index (κ1) is 23.6. The van der Waals surface area contributed by atoms with Crippen LogP contribution >= 0.6 is 0 Å². The second-order valence-corrected chi connectivity index (χ2v) is 9.49. The number of fused-ring (bicyclic) bond motifs is 2. The van der Waals surface area contributed by atoms with Gasteiger partial charge >= 0.3 is 0 Å². The second-order valence-electron chi connectivity index (χ2n) is 7.73. The molecule has 4 aromatic rings. The van der Waals surface area contributed by atoms with Gasteiger partial charge in [-0.1, -0.05) is 12.1 Å². The topological polar surface area (TPSA) is 115 Å². The van der Waals surface area contributed by atoms with Crippen LogP contribution in [0.4, 0.5) is 0 Å². The minimum Gasteiger partial charge on any atom is -0.507 e. The van der Waals surface area contributed by atoms with E-state index in [1.54, 1.807) is 42.5 Å². The predicted molar refractivity (Wildman–Crippen MR) is 129 cm³/mol. The summed E-state index contributed by atoms with van der Waals surface area (Å²) in [7, 11) is -2.04. The molecule has 34 heavy (non-hydrogen) atoms. The van der Waals surface area contributed by atoms with Crippen molar-refractivity contribution in [3.63, 3.8) is 0 Å². The standard InChI is InChI=1S/C25H25NO7S/c1-31-17-9-11-19(12-10-17)34(29,30)26-13-5-2-6-14-32-18-15-21(27)24-23(16-18)33-22-8-4-3-7-20(22)25(24)28/h3-4,7-12,15-16,26-27H,2,5-6,13-14H2,1H3. The Kier molecular flexibility index (Phi) is 7.04.